The maximum absolute atomic E-state index is 5.77. The van der Waals surface area contributed by atoms with Crippen LogP contribution in [0.3, 0.4) is 0 Å². The van der Waals surface area contributed by atoms with E-state index in [0.717, 1.165) is 43.1 Å². The zero-order valence-corrected chi connectivity index (χ0v) is 10.5. The van der Waals surface area contributed by atoms with Gasteiger partial charge in [-0.3, -0.25) is 4.98 Å². The van der Waals surface area contributed by atoms with E-state index in [1.807, 2.05) is 12.3 Å². The van der Waals surface area contributed by atoms with Gasteiger partial charge in [0.25, 0.3) is 0 Å². The number of nitrogens with zero attached hydrogens (tertiary/aromatic N) is 4. The molecule has 6 heteroatoms. The van der Waals surface area contributed by atoms with Crippen LogP contribution in [0.2, 0.25) is 0 Å². The molecule has 19 heavy (non-hydrogen) atoms. The fourth-order valence-electron chi connectivity index (χ4n) is 2.84. The third-order valence-electron chi connectivity index (χ3n) is 3.82. The van der Waals surface area contributed by atoms with E-state index >= 15 is 0 Å². The molecule has 4 rings (SSSR count). The summed E-state index contributed by atoms with van der Waals surface area (Å²) in [5.74, 6) is 0.780. The molecule has 0 saturated carbocycles. The van der Waals surface area contributed by atoms with Crippen molar-refractivity contribution < 1.29 is 4.74 Å². The van der Waals surface area contributed by atoms with E-state index < -0.39 is 0 Å². The summed E-state index contributed by atoms with van der Waals surface area (Å²) in [7, 11) is 0. The summed E-state index contributed by atoms with van der Waals surface area (Å²) in [6, 6.07) is 2.26. The van der Waals surface area contributed by atoms with Crippen LogP contribution >= 0.6 is 0 Å². The summed E-state index contributed by atoms with van der Waals surface area (Å²) in [4.78, 5) is 15.5. The first kappa shape index (κ1) is 11.1. The van der Waals surface area contributed by atoms with E-state index in [-0.39, 0.29) is 6.10 Å². The zero-order chi connectivity index (χ0) is 12.7. The Morgan fingerprint density at radius 3 is 3.32 bits per heavy atom. The first-order valence-corrected chi connectivity index (χ1v) is 6.57. The minimum Gasteiger partial charge on any atom is -0.373 e. The Bertz CT molecular complexity index is 604. The Hall–Kier alpha value is -1.79. The number of pyridine rings is 1. The highest BCUT2D eigenvalue weighted by molar-refractivity contribution is 5.77. The Labute approximate surface area is 110 Å². The molecular weight excluding hydrogens is 242 g/mol. The van der Waals surface area contributed by atoms with Crippen LogP contribution in [0, 0.1) is 0 Å². The van der Waals surface area contributed by atoms with E-state index in [0.29, 0.717) is 6.04 Å². The number of ether oxygens (including phenoxy) is 1. The summed E-state index contributed by atoms with van der Waals surface area (Å²) >= 11 is 0. The van der Waals surface area contributed by atoms with Crippen LogP contribution in [0.1, 0.15) is 0 Å². The summed E-state index contributed by atoms with van der Waals surface area (Å²) in [5, 5.41) is 4.39. The third kappa shape index (κ3) is 1.84. The van der Waals surface area contributed by atoms with Gasteiger partial charge in [-0.1, -0.05) is 0 Å². The fourth-order valence-corrected chi connectivity index (χ4v) is 2.84. The molecular formula is C13H15N5O. The van der Waals surface area contributed by atoms with E-state index in [1.165, 1.54) is 0 Å². The smallest absolute Gasteiger partial charge is 0.226 e. The fraction of sp³-hybridized carbons (Fsp3) is 0.462. The van der Waals surface area contributed by atoms with Crippen molar-refractivity contribution in [3.05, 3.63) is 24.7 Å². The molecule has 2 saturated heterocycles. The van der Waals surface area contributed by atoms with E-state index in [1.54, 1.807) is 12.4 Å². The molecule has 0 aliphatic carbocycles. The molecule has 0 radical (unpaired) electrons. The summed E-state index contributed by atoms with van der Waals surface area (Å²) in [6.07, 6.45) is 5.66. The second-order valence-corrected chi connectivity index (χ2v) is 4.93. The average Bonchev–Trinajstić information content (AvgIpc) is 2.95. The molecule has 2 aliphatic rings. The third-order valence-corrected chi connectivity index (χ3v) is 3.82. The summed E-state index contributed by atoms with van der Waals surface area (Å²) in [5.41, 5.74) is 0.890. The Kier molecular flexibility index (Phi) is 2.56. The normalized spacial score (nSPS) is 26.6. The molecule has 6 nitrogen and oxygen atoms in total. The molecule has 0 bridgehead atoms. The second-order valence-electron chi connectivity index (χ2n) is 4.93. The van der Waals surface area contributed by atoms with Crippen LogP contribution in [0.15, 0.2) is 24.7 Å². The number of rotatable bonds is 1. The maximum atomic E-state index is 5.77. The summed E-state index contributed by atoms with van der Waals surface area (Å²) < 4.78 is 5.77. The van der Waals surface area contributed by atoms with Gasteiger partial charge >= 0.3 is 0 Å². The largest absolute Gasteiger partial charge is 0.373 e. The highest BCUT2D eigenvalue weighted by Crippen LogP contribution is 2.23. The molecule has 2 aromatic heterocycles. The molecule has 2 aromatic rings. The lowest BCUT2D eigenvalue weighted by atomic mass is 10.1. The molecule has 4 heterocycles. The molecule has 0 spiro atoms. The molecule has 2 unspecified atom stereocenters. The van der Waals surface area contributed by atoms with Gasteiger partial charge in [-0.05, 0) is 6.07 Å². The number of fused-ring (bicyclic) bond motifs is 2. The van der Waals surface area contributed by atoms with Crippen molar-refractivity contribution in [1.29, 1.82) is 0 Å². The van der Waals surface area contributed by atoms with E-state index in [4.69, 9.17) is 4.74 Å². The zero-order valence-electron chi connectivity index (χ0n) is 10.5. The molecule has 2 fully saturated rings. The number of hydrogen-bond donors (Lipinski definition) is 1. The van der Waals surface area contributed by atoms with Crippen LogP contribution in [-0.4, -0.2) is 53.3 Å². The summed E-state index contributed by atoms with van der Waals surface area (Å²) in [6.45, 7) is 3.42. The van der Waals surface area contributed by atoms with E-state index in [9.17, 15) is 0 Å². The van der Waals surface area contributed by atoms with Crippen molar-refractivity contribution in [3.63, 3.8) is 0 Å². The van der Waals surface area contributed by atoms with Gasteiger partial charge in [0, 0.05) is 37.4 Å². The van der Waals surface area contributed by atoms with Gasteiger partial charge in [-0.2, -0.15) is 0 Å². The lowest BCUT2D eigenvalue weighted by Crippen LogP contribution is -2.51. The molecule has 98 valence electrons. The van der Waals surface area contributed by atoms with Gasteiger partial charge in [0.2, 0.25) is 5.95 Å². The standard InChI is InChI=1S/C13H15N5O/c1-2-14-6-10-9(1)5-16-13(17-10)18-3-4-19-12-8-15-7-11(12)18/h1-2,5-6,11-12,15H,3-4,7-8H2. The van der Waals surface area contributed by atoms with Gasteiger partial charge < -0.3 is 15.0 Å². The Morgan fingerprint density at radius 2 is 2.32 bits per heavy atom. The monoisotopic (exact) mass is 257 g/mol. The predicted molar refractivity (Wildman–Crippen MR) is 71.1 cm³/mol. The molecule has 2 atom stereocenters. The minimum absolute atomic E-state index is 0.252. The first-order chi connectivity index (χ1) is 9.42. The van der Waals surface area contributed by atoms with Crippen LogP contribution in [0.5, 0.6) is 0 Å². The lowest BCUT2D eigenvalue weighted by Gasteiger charge is -2.36. The topological polar surface area (TPSA) is 63.2 Å². The molecule has 0 aromatic carbocycles. The van der Waals surface area contributed by atoms with Crippen molar-refractivity contribution >= 4 is 16.9 Å². The lowest BCUT2D eigenvalue weighted by molar-refractivity contribution is 0.0343. The average molecular weight is 257 g/mol. The van der Waals surface area contributed by atoms with Crippen LogP contribution in [0.4, 0.5) is 5.95 Å². The van der Waals surface area contributed by atoms with Crippen molar-refractivity contribution in [2.24, 2.45) is 0 Å². The van der Waals surface area contributed by atoms with Crippen molar-refractivity contribution in [3.8, 4) is 0 Å². The Morgan fingerprint density at radius 1 is 1.32 bits per heavy atom. The van der Waals surface area contributed by atoms with Gasteiger partial charge in [-0.25, -0.2) is 9.97 Å². The van der Waals surface area contributed by atoms with Crippen molar-refractivity contribution in [2.45, 2.75) is 12.1 Å². The highest BCUT2D eigenvalue weighted by Gasteiger charge is 2.37. The number of anilines is 1. The van der Waals surface area contributed by atoms with Gasteiger partial charge in [-0.15, -0.1) is 0 Å². The van der Waals surface area contributed by atoms with Gasteiger partial charge in [0.05, 0.1) is 30.5 Å². The van der Waals surface area contributed by atoms with Crippen LogP contribution < -0.4 is 10.2 Å². The molecule has 0 amide bonds. The SMILES string of the molecule is c1cc2cnc(N3CCOC4CNCC43)nc2cn1. The minimum atomic E-state index is 0.252. The van der Waals surface area contributed by atoms with Gasteiger partial charge in [0.1, 0.15) is 0 Å². The number of hydrogen-bond acceptors (Lipinski definition) is 6. The number of nitrogens with one attached hydrogen (secondary N) is 1. The van der Waals surface area contributed by atoms with Crippen LogP contribution in [0.25, 0.3) is 10.9 Å². The quantitative estimate of drug-likeness (QED) is 0.787. The highest BCUT2D eigenvalue weighted by atomic mass is 16.5. The van der Waals surface area contributed by atoms with Crippen LogP contribution in [-0.2, 0) is 4.74 Å². The predicted octanol–water partition coefficient (Wildman–Crippen LogP) is 0.202. The first-order valence-electron chi connectivity index (χ1n) is 6.57. The molecule has 1 N–H and O–H groups in total. The number of morpholine rings is 1. The second kappa shape index (κ2) is 4.40. The van der Waals surface area contributed by atoms with Crippen molar-refractivity contribution in [1.82, 2.24) is 20.3 Å². The van der Waals surface area contributed by atoms with E-state index in [2.05, 4.69) is 25.2 Å². The Balaban J connectivity index is 1.72. The molecule has 2 aliphatic heterocycles. The number of aromatic nitrogens is 3. The maximum Gasteiger partial charge on any atom is 0.226 e. The van der Waals surface area contributed by atoms with Crippen molar-refractivity contribution in [2.75, 3.05) is 31.1 Å². The van der Waals surface area contributed by atoms with Gasteiger partial charge in [0.15, 0.2) is 0 Å².